The van der Waals surface area contributed by atoms with Gasteiger partial charge in [0, 0.05) is 0 Å². The predicted molar refractivity (Wildman–Crippen MR) is 61.6 cm³/mol. The highest BCUT2D eigenvalue weighted by molar-refractivity contribution is 5.34. The van der Waals surface area contributed by atoms with Crippen LogP contribution in [-0.4, -0.2) is 0 Å². The number of benzene rings is 1. The second-order valence-corrected chi connectivity index (χ2v) is 4.47. The molecule has 0 heterocycles. The van der Waals surface area contributed by atoms with Crippen LogP contribution >= 0.6 is 0 Å². The van der Waals surface area contributed by atoms with Crippen LogP contribution in [0.3, 0.4) is 0 Å². The van der Waals surface area contributed by atoms with Crippen molar-refractivity contribution in [3.05, 3.63) is 34.9 Å². The van der Waals surface area contributed by atoms with Crippen LogP contribution in [0.15, 0.2) is 18.2 Å². The fourth-order valence-corrected chi connectivity index (χ4v) is 2.45. The maximum atomic E-state index is 2.42. The zero-order valence-electron chi connectivity index (χ0n) is 9.34. The van der Waals surface area contributed by atoms with Crippen molar-refractivity contribution in [1.82, 2.24) is 0 Å². The number of aryl methyl sites for hydroxylation is 2. The van der Waals surface area contributed by atoms with Crippen LogP contribution < -0.4 is 0 Å². The Morgan fingerprint density at radius 2 is 2.07 bits per heavy atom. The first kappa shape index (κ1) is 9.76. The molecular weight excluding hydrogens is 168 g/mol. The van der Waals surface area contributed by atoms with E-state index in [1.165, 1.54) is 37.7 Å². The third kappa shape index (κ3) is 1.84. The second-order valence-electron chi connectivity index (χ2n) is 4.47. The van der Waals surface area contributed by atoms with Gasteiger partial charge in [0.1, 0.15) is 0 Å². The molecule has 0 unspecified atom stereocenters. The Morgan fingerprint density at radius 3 is 2.79 bits per heavy atom. The van der Waals surface area contributed by atoms with E-state index < -0.39 is 0 Å². The number of hydrogen-bond acceptors (Lipinski definition) is 0. The van der Waals surface area contributed by atoms with Gasteiger partial charge in [0.15, 0.2) is 0 Å². The lowest BCUT2D eigenvalue weighted by Crippen LogP contribution is -2.13. The van der Waals surface area contributed by atoms with Gasteiger partial charge in [-0.1, -0.05) is 38.5 Å². The molecule has 1 aliphatic rings. The van der Waals surface area contributed by atoms with Gasteiger partial charge in [-0.15, -0.1) is 0 Å². The third-order valence-corrected chi connectivity index (χ3v) is 3.59. The molecule has 0 saturated carbocycles. The highest BCUT2D eigenvalue weighted by Crippen LogP contribution is 2.28. The molecule has 2 rings (SSSR count). The molecule has 14 heavy (non-hydrogen) atoms. The monoisotopic (exact) mass is 188 g/mol. The molecule has 0 heteroatoms. The number of hydrogen-bond donors (Lipinski definition) is 0. The summed E-state index contributed by atoms with van der Waals surface area (Å²) in [6, 6.07) is 7.08. The summed E-state index contributed by atoms with van der Waals surface area (Å²) >= 11 is 0. The van der Waals surface area contributed by atoms with Crippen molar-refractivity contribution < 1.29 is 0 Å². The molecule has 1 aromatic rings. The largest absolute Gasteiger partial charge is 0.0651 e. The summed E-state index contributed by atoms with van der Waals surface area (Å²) < 4.78 is 0. The van der Waals surface area contributed by atoms with Crippen LogP contribution in [0.1, 0.15) is 43.4 Å². The van der Waals surface area contributed by atoms with Crippen LogP contribution in [0.4, 0.5) is 0 Å². The Morgan fingerprint density at radius 1 is 1.21 bits per heavy atom. The van der Waals surface area contributed by atoms with E-state index in [2.05, 4.69) is 32.0 Å². The average molecular weight is 188 g/mol. The minimum absolute atomic E-state index is 0.940. The van der Waals surface area contributed by atoms with Crippen molar-refractivity contribution in [3.63, 3.8) is 0 Å². The van der Waals surface area contributed by atoms with Gasteiger partial charge in [0.25, 0.3) is 0 Å². The van der Waals surface area contributed by atoms with Gasteiger partial charge in [-0.2, -0.15) is 0 Å². The van der Waals surface area contributed by atoms with Crippen molar-refractivity contribution in [2.45, 2.75) is 46.0 Å². The zero-order chi connectivity index (χ0) is 9.97. The lowest BCUT2D eigenvalue weighted by molar-refractivity contribution is 0.445. The number of rotatable bonds is 2. The molecule has 0 N–H and O–H groups in total. The molecule has 0 amide bonds. The van der Waals surface area contributed by atoms with Gasteiger partial charge in [-0.3, -0.25) is 0 Å². The summed E-state index contributed by atoms with van der Waals surface area (Å²) in [5.74, 6) is 0.940. The van der Waals surface area contributed by atoms with Crippen LogP contribution in [-0.2, 0) is 19.3 Å². The Labute approximate surface area is 87.3 Å². The topological polar surface area (TPSA) is 0 Å². The fourth-order valence-electron chi connectivity index (χ4n) is 2.45. The molecule has 0 saturated heterocycles. The van der Waals surface area contributed by atoms with Crippen molar-refractivity contribution >= 4 is 0 Å². The van der Waals surface area contributed by atoms with Gasteiger partial charge >= 0.3 is 0 Å². The van der Waals surface area contributed by atoms with Gasteiger partial charge in [-0.25, -0.2) is 0 Å². The van der Waals surface area contributed by atoms with E-state index in [0.717, 1.165) is 5.92 Å². The Hall–Kier alpha value is -0.780. The van der Waals surface area contributed by atoms with Gasteiger partial charge in [-0.05, 0) is 48.3 Å². The summed E-state index contributed by atoms with van der Waals surface area (Å²) in [5, 5.41) is 0. The van der Waals surface area contributed by atoms with E-state index in [1.807, 2.05) is 0 Å². The van der Waals surface area contributed by atoms with Crippen molar-refractivity contribution in [3.8, 4) is 0 Å². The predicted octanol–water partition coefficient (Wildman–Crippen LogP) is 3.76. The Kier molecular flexibility index (Phi) is 2.90. The van der Waals surface area contributed by atoms with Crippen LogP contribution in [0, 0.1) is 5.92 Å². The number of fused-ring (bicyclic) bond motifs is 1. The van der Waals surface area contributed by atoms with E-state index in [9.17, 15) is 0 Å². The summed E-state index contributed by atoms with van der Waals surface area (Å²) in [5.41, 5.74) is 4.73. The lowest BCUT2D eigenvalue weighted by atomic mass is 9.82. The van der Waals surface area contributed by atoms with E-state index in [4.69, 9.17) is 0 Å². The van der Waals surface area contributed by atoms with Gasteiger partial charge in [0.05, 0.1) is 0 Å². The second kappa shape index (κ2) is 4.16. The highest BCUT2D eigenvalue weighted by atomic mass is 14.2. The third-order valence-electron chi connectivity index (χ3n) is 3.59. The molecular formula is C14H20. The van der Waals surface area contributed by atoms with E-state index in [0.29, 0.717) is 0 Å². The quantitative estimate of drug-likeness (QED) is 0.663. The lowest BCUT2D eigenvalue weighted by Gasteiger charge is -2.23. The highest BCUT2D eigenvalue weighted by Gasteiger charge is 2.16. The fraction of sp³-hybridized carbons (Fsp3) is 0.571. The van der Waals surface area contributed by atoms with Gasteiger partial charge in [0.2, 0.25) is 0 Å². The molecule has 0 bridgehead atoms. The summed E-state index contributed by atoms with van der Waals surface area (Å²) in [4.78, 5) is 0. The SMILES string of the molecule is CCc1ccc2c(c1)CC[C@H](CC)C2. The molecule has 0 aliphatic heterocycles. The van der Waals surface area contributed by atoms with Crippen molar-refractivity contribution in [2.75, 3.05) is 0 Å². The molecule has 0 nitrogen and oxygen atoms in total. The van der Waals surface area contributed by atoms with E-state index in [-0.39, 0.29) is 0 Å². The summed E-state index contributed by atoms with van der Waals surface area (Å²) in [6.07, 6.45) is 6.54. The molecule has 0 radical (unpaired) electrons. The molecule has 0 fully saturated rings. The normalized spacial score (nSPS) is 20.6. The van der Waals surface area contributed by atoms with E-state index in [1.54, 1.807) is 11.1 Å². The first-order chi connectivity index (χ1) is 6.83. The minimum Gasteiger partial charge on any atom is -0.0651 e. The van der Waals surface area contributed by atoms with Gasteiger partial charge < -0.3 is 0 Å². The zero-order valence-corrected chi connectivity index (χ0v) is 9.34. The minimum atomic E-state index is 0.940. The summed E-state index contributed by atoms with van der Waals surface area (Å²) in [6.45, 7) is 4.55. The van der Waals surface area contributed by atoms with Crippen LogP contribution in [0.5, 0.6) is 0 Å². The van der Waals surface area contributed by atoms with E-state index >= 15 is 0 Å². The van der Waals surface area contributed by atoms with Crippen LogP contribution in [0.2, 0.25) is 0 Å². The molecule has 1 aliphatic carbocycles. The Bertz CT molecular complexity index is 312. The van der Waals surface area contributed by atoms with Crippen LogP contribution in [0.25, 0.3) is 0 Å². The molecule has 0 spiro atoms. The first-order valence-corrected chi connectivity index (χ1v) is 5.94. The molecule has 0 aromatic heterocycles. The summed E-state index contributed by atoms with van der Waals surface area (Å²) in [7, 11) is 0. The molecule has 1 atom stereocenters. The van der Waals surface area contributed by atoms with Crippen molar-refractivity contribution in [1.29, 1.82) is 0 Å². The first-order valence-electron chi connectivity index (χ1n) is 5.94. The molecule has 76 valence electrons. The maximum absolute atomic E-state index is 2.42. The maximum Gasteiger partial charge on any atom is -0.0248 e. The average Bonchev–Trinajstić information content (AvgIpc) is 2.27. The molecule has 1 aromatic carbocycles. The van der Waals surface area contributed by atoms with Crippen molar-refractivity contribution in [2.24, 2.45) is 5.92 Å². The Balaban J connectivity index is 2.23. The smallest absolute Gasteiger partial charge is 0.0248 e. The standard InChI is InChI=1S/C14H20/c1-3-11-5-7-14-10-12(4-2)6-8-13(14)9-11/h5,7,9,12H,3-4,6,8,10H2,1-2H3/t12-/m0/s1.